The quantitative estimate of drug-likeness (QED) is 0.591. The first-order valence-corrected chi connectivity index (χ1v) is 10.1. The number of halogens is 2. The van der Waals surface area contributed by atoms with Crippen LogP contribution in [0, 0.1) is 11.8 Å². The van der Waals surface area contributed by atoms with E-state index in [2.05, 4.69) is 15.5 Å². The smallest absolute Gasteiger partial charge is 0.220 e. The number of nitrogens with one attached hydrogen (secondary N) is 2. The molecule has 5 nitrogen and oxygen atoms in total. The van der Waals surface area contributed by atoms with Crippen molar-refractivity contribution < 1.29 is 9.90 Å². The summed E-state index contributed by atoms with van der Waals surface area (Å²) in [5.74, 6) is 1.45. The van der Waals surface area contributed by atoms with Crippen molar-refractivity contribution in [1.82, 2.24) is 15.5 Å². The number of hydrogen-bond acceptors (Lipinski definition) is 4. The van der Waals surface area contributed by atoms with Crippen molar-refractivity contribution in [3.05, 3.63) is 35.9 Å². The van der Waals surface area contributed by atoms with Crippen molar-refractivity contribution >= 4 is 30.7 Å². The van der Waals surface area contributed by atoms with Gasteiger partial charge in [0.05, 0.1) is 6.10 Å². The molecule has 2 aliphatic rings. The SMILES string of the molecule is Cl.Cl.O=C(CCC1CCNC1)NCC1CCN(CC(O)c2ccccc2)CC1. The van der Waals surface area contributed by atoms with Gasteiger partial charge in [0.1, 0.15) is 0 Å². The molecule has 1 aromatic rings. The van der Waals surface area contributed by atoms with E-state index in [0.717, 1.165) is 57.5 Å². The number of carbonyl (C=O) groups excluding carboxylic acids is 1. The van der Waals surface area contributed by atoms with Gasteiger partial charge in [-0.05, 0) is 69.3 Å². The molecule has 2 unspecified atom stereocenters. The molecule has 3 N–H and O–H groups in total. The van der Waals surface area contributed by atoms with E-state index in [1.165, 1.54) is 6.42 Å². The summed E-state index contributed by atoms with van der Waals surface area (Å²) in [6.45, 7) is 5.66. The van der Waals surface area contributed by atoms with Crippen LogP contribution in [0.25, 0.3) is 0 Å². The number of piperidine rings is 1. The maximum atomic E-state index is 12.0. The minimum absolute atomic E-state index is 0. The highest BCUT2D eigenvalue weighted by molar-refractivity contribution is 5.85. The standard InChI is InChI=1S/C21H33N3O2.2ClH/c25-20(19-4-2-1-3-5-19)16-24-12-9-18(10-13-24)15-23-21(26)7-6-17-8-11-22-14-17;;/h1-5,17-18,20,22,25H,6-16H2,(H,23,26);2*1H. The van der Waals surface area contributed by atoms with Crippen molar-refractivity contribution in [1.29, 1.82) is 0 Å². The summed E-state index contributed by atoms with van der Waals surface area (Å²) in [4.78, 5) is 14.4. The van der Waals surface area contributed by atoms with Gasteiger partial charge < -0.3 is 20.6 Å². The van der Waals surface area contributed by atoms with E-state index in [0.29, 0.717) is 24.8 Å². The van der Waals surface area contributed by atoms with Crippen LogP contribution in [-0.4, -0.2) is 55.2 Å². The van der Waals surface area contributed by atoms with E-state index in [-0.39, 0.29) is 30.7 Å². The number of aliphatic hydroxyl groups is 1. The molecule has 160 valence electrons. The average molecular weight is 432 g/mol. The van der Waals surface area contributed by atoms with E-state index in [1.807, 2.05) is 30.3 Å². The Hall–Kier alpha value is -0.850. The van der Waals surface area contributed by atoms with Crippen molar-refractivity contribution in [3.63, 3.8) is 0 Å². The van der Waals surface area contributed by atoms with Crippen LogP contribution in [0.3, 0.4) is 0 Å². The minimum Gasteiger partial charge on any atom is -0.387 e. The molecule has 28 heavy (non-hydrogen) atoms. The molecule has 2 fully saturated rings. The highest BCUT2D eigenvalue weighted by Crippen LogP contribution is 2.20. The highest BCUT2D eigenvalue weighted by atomic mass is 35.5. The zero-order valence-electron chi connectivity index (χ0n) is 16.5. The van der Waals surface area contributed by atoms with Gasteiger partial charge in [-0.3, -0.25) is 4.79 Å². The number of carbonyl (C=O) groups is 1. The number of β-amino-alcohol motifs (C(OH)–C–C–N with tert-alkyl or cyclic N) is 1. The predicted octanol–water partition coefficient (Wildman–Crippen LogP) is 2.78. The number of nitrogens with zero attached hydrogens (tertiary/aromatic N) is 1. The van der Waals surface area contributed by atoms with E-state index in [1.54, 1.807) is 0 Å². The molecular formula is C21H35Cl2N3O2. The average Bonchev–Trinajstić information content (AvgIpc) is 3.20. The number of aliphatic hydroxyl groups excluding tert-OH is 1. The molecule has 0 saturated carbocycles. The molecule has 0 bridgehead atoms. The third kappa shape index (κ3) is 8.26. The second-order valence-corrected chi connectivity index (χ2v) is 7.87. The Balaban J connectivity index is 0.00000196. The predicted molar refractivity (Wildman–Crippen MR) is 118 cm³/mol. The Labute approximate surface area is 181 Å². The lowest BCUT2D eigenvalue weighted by Crippen LogP contribution is -2.40. The van der Waals surface area contributed by atoms with Gasteiger partial charge in [-0.2, -0.15) is 0 Å². The molecule has 2 aliphatic heterocycles. The summed E-state index contributed by atoms with van der Waals surface area (Å²) in [6, 6.07) is 9.87. The first-order valence-electron chi connectivity index (χ1n) is 10.1. The van der Waals surface area contributed by atoms with Crippen LogP contribution < -0.4 is 10.6 Å². The number of benzene rings is 1. The maximum Gasteiger partial charge on any atom is 0.220 e. The summed E-state index contributed by atoms with van der Waals surface area (Å²) in [6.07, 6.45) is 4.64. The first kappa shape index (κ1) is 25.2. The van der Waals surface area contributed by atoms with Crippen molar-refractivity contribution in [2.75, 3.05) is 39.3 Å². The molecular weight excluding hydrogens is 397 g/mol. The van der Waals surface area contributed by atoms with Crippen molar-refractivity contribution in [3.8, 4) is 0 Å². The molecule has 2 heterocycles. The van der Waals surface area contributed by atoms with Crippen molar-refractivity contribution in [2.24, 2.45) is 11.8 Å². The van der Waals surface area contributed by atoms with Gasteiger partial charge in [0.2, 0.25) is 5.91 Å². The lowest BCUT2D eigenvalue weighted by atomic mass is 9.96. The molecule has 2 atom stereocenters. The Kier molecular flexibility index (Phi) is 12.0. The fourth-order valence-corrected chi connectivity index (χ4v) is 4.04. The number of amides is 1. The summed E-state index contributed by atoms with van der Waals surface area (Å²) < 4.78 is 0. The molecule has 3 rings (SSSR count). The summed E-state index contributed by atoms with van der Waals surface area (Å²) in [5, 5.41) is 16.8. The van der Waals surface area contributed by atoms with Crippen LogP contribution in [0.2, 0.25) is 0 Å². The van der Waals surface area contributed by atoms with E-state index in [9.17, 15) is 9.90 Å². The third-order valence-electron chi connectivity index (χ3n) is 5.85. The van der Waals surface area contributed by atoms with Crippen LogP contribution in [0.5, 0.6) is 0 Å². The van der Waals surface area contributed by atoms with Gasteiger partial charge in [-0.1, -0.05) is 30.3 Å². The normalized spacial score (nSPS) is 21.4. The lowest BCUT2D eigenvalue weighted by molar-refractivity contribution is -0.121. The van der Waals surface area contributed by atoms with Crippen molar-refractivity contribution in [2.45, 2.75) is 38.2 Å². The number of likely N-dealkylation sites (tertiary alicyclic amines) is 1. The Bertz CT molecular complexity index is 548. The molecule has 7 heteroatoms. The first-order chi connectivity index (χ1) is 12.7. The molecule has 0 aromatic heterocycles. The van der Waals surface area contributed by atoms with Crippen LogP contribution in [0.1, 0.15) is 43.8 Å². The van der Waals surface area contributed by atoms with Gasteiger partial charge in [-0.25, -0.2) is 0 Å². The highest BCUT2D eigenvalue weighted by Gasteiger charge is 2.22. The van der Waals surface area contributed by atoms with Gasteiger partial charge in [0, 0.05) is 19.5 Å². The monoisotopic (exact) mass is 431 g/mol. The van der Waals surface area contributed by atoms with Gasteiger partial charge >= 0.3 is 0 Å². The fourth-order valence-electron chi connectivity index (χ4n) is 4.04. The molecule has 0 spiro atoms. The Morgan fingerprint density at radius 3 is 2.50 bits per heavy atom. The second kappa shape index (κ2) is 13.4. The van der Waals surface area contributed by atoms with Crippen LogP contribution in [0.15, 0.2) is 30.3 Å². The largest absolute Gasteiger partial charge is 0.387 e. The topological polar surface area (TPSA) is 64.6 Å². The van der Waals surface area contributed by atoms with E-state index >= 15 is 0 Å². The zero-order chi connectivity index (χ0) is 18.2. The maximum absolute atomic E-state index is 12.0. The van der Waals surface area contributed by atoms with Gasteiger partial charge in [0.15, 0.2) is 0 Å². The Morgan fingerprint density at radius 2 is 1.86 bits per heavy atom. The number of rotatable bonds is 8. The molecule has 0 radical (unpaired) electrons. The molecule has 1 amide bonds. The van der Waals surface area contributed by atoms with Crippen LogP contribution in [0.4, 0.5) is 0 Å². The Morgan fingerprint density at radius 1 is 1.14 bits per heavy atom. The van der Waals surface area contributed by atoms with Crippen LogP contribution >= 0.6 is 24.8 Å². The third-order valence-corrected chi connectivity index (χ3v) is 5.85. The van der Waals surface area contributed by atoms with Crippen LogP contribution in [-0.2, 0) is 4.79 Å². The minimum atomic E-state index is -0.419. The summed E-state index contributed by atoms with van der Waals surface area (Å²) >= 11 is 0. The molecule has 2 saturated heterocycles. The molecule has 0 aliphatic carbocycles. The van der Waals surface area contributed by atoms with E-state index < -0.39 is 6.10 Å². The number of hydrogen-bond donors (Lipinski definition) is 3. The van der Waals surface area contributed by atoms with Gasteiger partial charge in [0.25, 0.3) is 0 Å². The zero-order valence-corrected chi connectivity index (χ0v) is 18.1. The second-order valence-electron chi connectivity index (χ2n) is 7.87. The summed E-state index contributed by atoms with van der Waals surface area (Å²) in [5.41, 5.74) is 0.986. The van der Waals surface area contributed by atoms with Gasteiger partial charge in [-0.15, -0.1) is 24.8 Å². The lowest BCUT2D eigenvalue weighted by Gasteiger charge is -2.33. The molecule has 1 aromatic carbocycles. The fraction of sp³-hybridized carbons (Fsp3) is 0.667. The summed E-state index contributed by atoms with van der Waals surface area (Å²) in [7, 11) is 0. The van der Waals surface area contributed by atoms with E-state index in [4.69, 9.17) is 0 Å².